The highest BCUT2D eigenvalue weighted by molar-refractivity contribution is 5.94. The largest absolute Gasteiger partial charge is 0.481 e. The van der Waals surface area contributed by atoms with Gasteiger partial charge in [-0.05, 0) is 12.3 Å². The van der Waals surface area contributed by atoms with Gasteiger partial charge >= 0.3 is 11.9 Å². The molecule has 3 amide bonds. The second kappa shape index (κ2) is 13.7. The summed E-state index contributed by atoms with van der Waals surface area (Å²) in [5.41, 5.74) is 7.09. The molecule has 2 rings (SSSR count). The fraction of sp³-hybridized carbons (Fsp3) is 0.500. The van der Waals surface area contributed by atoms with Crippen LogP contribution in [0.25, 0.3) is 0 Å². The lowest BCUT2D eigenvalue weighted by Crippen LogP contribution is -2.58. The summed E-state index contributed by atoms with van der Waals surface area (Å²) in [7, 11) is 0. The molecule has 0 saturated carbocycles. The number of nitrogens with two attached hydrogens (primary N) is 1. The van der Waals surface area contributed by atoms with E-state index in [-0.39, 0.29) is 19.3 Å². The van der Waals surface area contributed by atoms with Crippen molar-refractivity contribution < 1.29 is 34.2 Å². The molecule has 0 saturated heterocycles. The number of hydrogen-bond acceptors (Lipinski definition) is 8. The van der Waals surface area contributed by atoms with E-state index in [1.807, 2.05) is 0 Å². The number of aromatic nitrogens is 4. The number of carboxylic acid groups (broad SMARTS) is 2. The second-order valence-corrected chi connectivity index (χ2v) is 8.79. The van der Waals surface area contributed by atoms with Gasteiger partial charge in [-0.25, -0.2) is 14.8 Å². The number of aliphatic carboxylic acids is 2. The molecule has 4 unspecified atom stereocenters. The van der Waals surface area contributed by atoms with Crippen LogP contribution in [0, 0.1) is 5.92 Å². The van der Waals surface area contributed by atoms with Gasteiger partial charge < -0.3 is 41.9 Å². The number of nitrogens with one attached hydrogen (secondary N) is 5. The molecule has 202 valence electrons. The van der Waals surface area contributed by atoms with E-state index in [0.29, 0.717) is 11.4 Å². The molecule has 2 heterocycles. The van der Waals surface area contributed by atoms with Crippen molar-refractivity contribution in [2.75, 3.05) is 0 Å². The molecular formula is C22H32N8O7. The number of rotatable bonds is 15. The van der Waals surface area contributed by atoms with Gasteiger partial charge in [0.2, 0.25) is 17.7 Å². The maximum Gasteiger partial charge on any atom is 0.326 e. The standard InChI is InChI=1S/C22H32N8O7/c1-11(2)18(22(36)37)30-20(34)15(3-4-17(31)32)28-21(35)16(6-13-8-25-10-27-13)29-19(33)14(23)5-12-7-24-9-26-12/h7-11,14-16,18H,3-6,23H2,1-2H3,(H,24,26)(H,25,27)(H,28,35)(H,29,33)(H,30,34)(H,31,32)(H,36,37). The van der Waals surface area contributed by atoms with Crippen molar-refractivity contribution in [3.05, 3.63) is 36.4 Å². The summed E-state index contributed by atoms with van der Waals surface area (Å²) < 4.78 is 0. The molecule has 0 fully saturated rings. The molecule has 4 atom stereocenters. The van der Waals surface area contributed by atoms with Crippen LogP contribution in [0.3, 0.4) is 0 Å². The van der Waals surface area contributed by atoms with Crippen LogP contribution < -0.4 is 21.7 Å². The van der Waals surface area contributed by atoms with Gasteiger partial charge in [0.05, 0.1) is 18.7 Å². The summed E-state index contributed by atoms with van der Waals surface area (Å²) in [6.45, 7) is 3.18. The topological polar surface area (TPSA) is 245 Å². The highest BCUT2D eigenvalue weighted by Gasteiger charge is 2.32. The summed E-state index contributed by atoms with van der Waals surface area (Å²) in [4.78, 5) is 74.8. The van der Waals surface area contributed by atoms with Crippen LogP contribution in [-0.4, -0.2) is 84.0 Å². The molecule has 0 radical (unpaired) electrons. The number of imidazole rings is 2. The zero-order valence-electron chi connectivity index (χ0n) is 20.4. The number of H-pyrrole nitrogens is 2. The number of nitrogens with zero attached hydrogens (tertiary/aromatic N) is 2. The molecule has 9 N–H and O–H groups in total. The molecule has 37 heavy (non-hydrogen) atoms. The molecule has 2 aromatic rings. The van der Waals surface area contributed by atoms with E-state index in [4.69, 9.17) is 10.8 Å². The normalized spacial score (nSPS) is 14.3. The molecule has 0 aliphatic carbocycles. The van der Waals surface area contributed by atoms with Crippen molar-refractivity contribution in [3.8, 4) is 0 Å². The van der Waals surface area contributed by atoms with Crippen molar-refractivity contribution in [2.24, 2.45) is 11.7 Å². The molecule has 15 nitrogen and oxygen atoms in total. The van der Waals surface area contributed by atoms with Crippen molar-refractivity contribution in [3.63, 3.8) is 0 Å². The van der Waals surface area contributed by atoms with Crippen molar-refractivity contribution in [2.45, 2.75) is 63.7 Å². The number of carboxylic acids is 2. The first-order valence-electron chi connectivity index (χ1n) is 11.5. The summed E-state index contributed by atoms with van der Waals surface area (Å²) in [6, 6.07) is -4.85. The van der Waals surface area contributed by atoms with Gasteiger partial charge in [-0.2, -0.15) is 0 Å². The van der Waals surface area contributed by atoms with Crippen LogP contribution in [0.1, 0.15) is 38.1 Å². The number of carbonyl (C=O) groups excluding carboxylic acids is 3. The van der Waals surface area contributed by atoms with Gasteiger partial charge in [0, 0.05) is 43.0 Å². The van der Waals surface area contributed by atoms with Crippen LogP contribution in [0.2, 0.25) is 0 Å². The minimum Gasteiger partial charge on any atom is -0.481 e. The summed E-state index contributed by atoms with van der Waals surface area (Å²) in [6.07, 6.45) is 5.10. The van der Waals surface area contributed by atoms with E-state index in [2.05, 4.69) is 35.9 Å². The predicted octanol–water partition coefficient (Wildman–Crippen LogP) is -1.69. The maximum atomic E-state index is 13.2. The van der Waals surface area contributed by atoms with Crippen LogP contribution >= 0.6 is 0 Å². The van der Waals surface area contributed by atoms with E-state index in [1.54, 1.807) is 13.8 Å². The molecule has 0 aliphatic rings. The Hall–Kier alpha value is -4.27. The third-order valence-electron chi connectivity index (χ3n) is 5.45. The fourth-order valence-electron chi connectivity index (χ4n) is 3.41. The third-order valence-corrected chi connectivity index (χ3v) is 5.45. The molecule has 2 aromatic heterocycles. The van der Waals surface area contributed by atoms with Gasteiger partial charge in [-0.3, -0.25) is 19.2 Å². The second-order valence-electron chi connectivity index (χ2n) is 8.79. The van der Waals surface area contributed by atoms with Gasteiger partial charge in [-0.15, -0.1) is 0 Å². The Labute approximate surface area is 212 Å². The number of carbonyl (C=O) groups is 5. The first-order chi connectivity index (χ1) is 17.5. The number of aromatic amines is 2. The van der Waals surface area contributed by atoms with E-state index in [9.17, 15) is 29.1 Å². The van der Waals surface area contributed by atoms with E-state index < -0.39 is 66.2 Å². The smallest absolute Gasteiger partial charge is 0.326 e. The van der Waals surface area contributed by atoms with Gasteiger partial charge in [0.15, 0.2) is 0 Å². The lowest BCUT2D eigenvalue weighted by molar-refractivity contribution is -0.144. The Balaban J connectivity index is 2.18. The summed E-state index contributed by atoms with van der Waals surface area (Å²) in [5.74, 6) is -5.26. The number of amides is 3. The van der Waals surface area contributed by atoms with E-state index in [1.165, 1.54) is 25.0 Å². The predicted molar refractivity (Wildman–Crippen MR) is 128 cm³/mol. The first kappa shape index (κ1) is 29.0. The average Bonchev–Trinajstić information content (AvgIpc) is 3.53. The SMILES string of the molecule is CC(C)C(NC(=O)C(CCC(=O)O)NC(=O)C(Cc1cnc[nH]1)NC(=O)C(N)Cc1cnc[nH]1)C(=O)O. The van der Waals surface area contributed by atoms with Crippen LogP contribution in [0.5, 0.6) is 0 Å². The maximum absolute atomic E-state index is 13.2. The lowest BCUT2D eigenvalue weighted by Gasteiger charge is -2.25. The van der Waals surface area contributed by atoms with E-state index >= 15 is 0 Å². The summed E-state index contributed by atoms with van der Waals surface area (Å²) >= 11 is 0. The molecule has 0 bridgehead atoms. The Kier molecular flexibility index (Phi) is 10.7. The van der Waals surface area contributed by atoms with Crippen molar-refractivity contribution in [1.82, 2.24) is 35.9 Å². The zero-order chi connectivity index (χ0) is 27.5. The van der Waals surface area contributed by atoms with Crippen LogP contribution in [-0.2, 0) is 36.8 Å². The fourth-order valence-corrected chi connectivity index (χ4v) is 3.41. The lowest BCUT2D eigenvalue weighted by atomic mass is 10.0. The third kappa shape index (κ3) is 9.36. The molecule has 0 aromatic carbocycles. The molecule has 15 heteroatoms. The monoisotopic (exact) mass is 520 g/mol. The first-order valence-corrected chi connectivity index (χ1v) is 11.5. The molecule has 0 aliphatic heterocycles. The average molecular weight is 521 g/mol. The van der Waals surface area contributed by atoms with Crippen molar-refractivity contribution in [1.29, 1.82) is 0 Å². The highest BCUT2D eigenvalue weighted by Crippen LogP contribution is 2.07. The Morgan fingerprint density at radius 3 is 1.89 bits per heavy atom. The van der Waals surface area contributed by atoms with Gasteiger partial charge in [0.1, 0.15) is 18.1 Å². The highest BCUT2D eigenvalue weighted by atomic mass is 16.4. The van der Waals surface area contributed by atoms with Crippen LogP contribution in [0.4, 0.5) is 0 Å². The summed E-state index contributed by atoms with van der Waals surface area (Å²) in [5, 5.41) is 25.8. The number of hydrogen-bond donors (Lipinski definition) is 8. The zero-order valence-corrected chi connectivity index (χ0v) is 20.4. The molecular weight excluding hydrogens is 488 g/mol. The van der Waals surface area contributed by atoms with Crippen LogP contribution in [0.15, 0.2) is 25.0 Å². The quantitative estimate of drug-likeness (QED) is 0.132. The minimum atomic E-state index is -1.37. The van der Waals surface area contributed by atoms with Gasteiger partial charge in [0.25, 0.3) is 0 Å². The Morgan fingerprint density at radius 2 is 1.41 bits per heavy atom. The minimum absolute atomic E-state index is 0.0363. The van der Waals surface area contributed by atoms with Gasteiger partial charge in [-0.1, -0.05) is 13.8 Å². The Bertz CT molecular complexity index is 1060. The Morgan fingerprint density at radius 1 is 0.865 bits per heavy atom. The van der Waals surface area contributed by atoms with E-state index in [0.717, 1.165) is 0 Å². The molecule has 0 spiro atoms. The van der Waals surface area contributed by atoms with Crippen molar-refractivity contribution >= 4 is 29.7 Å².